The molecule has 0 aliphatic heterocycles. The van der Waals surface area contributed by atoms with Crippen LogP contribution in [0, 0.1) is 19.1 Å². The Bertz CT molecular complexity index is 5220. The Kier molecular flexibility index (Phi) is 18.4. The monoisotopic (exact) mass is 1260 g/mol. The van der Waals surface area contributed by atoms with Crippen LogP contribution in [0.25, 0.3) is 94.6 Å². The van der Waals surface area contributed by atoms with E-state index in [9.17, 15) is 0 Å². The van der Waals surface area contributed by atoms with Gasteiger partial charge in [0.25, 0.3) is 0 Å². The van der Waals surface area contributed by atoms with Crippen molar-refractivity contribution in [3.05, 3.63) is 383 Å². The number of anilines is 8. The molecule has 15 aromatic rings. The van der Waals surface area contributed by atoms with Crippen LogP contribution in [0.2, 0.25) is 0 Å². The lowest BCUT2D eigenvalue weighted by Crippen LogP contribution is -2.18. The largest absolute Gasteiger partial charge is 0.337 e. The summed E-state index contributed by atoms with van der Waals surface area (Å²) in [7, 11) is 0. The van der Waals surface area contributed by atoms with E-state index in [1.807, 2.05) is 31.2 Å². The maximum atomic E-state index is 5.90. The van der Waals surface area contributed by atoms with Gasteiger partial charge in [-0.25, -0.2) is 9.97 Å². The molecule has 0 unspecified atom stereocenters. The topological polar surface area (TPSA) is 40.4 Å². The summed E-state index contributed by atoms with van der Waals surface area (Å²) in [5.74, 6) is 0. The van der Waals surface area contributed by atoms with Crippen molar-refractivity contribution in [2.24, 2.45) is 0 Å². The zero-order valence-corrected chi connectivity index (χ0v) is 55.1. The lowest BCUT2D eigenvalue weighted by atomic mass is 9.94. The molecule has 0 saturated carbocycles. The van der Waals surface area contributed by atoms with E-state index < -0.39 is 0 Å². The van der Waals surface area contributed by atoms with Crippen molar-refractivity contribution in [3.63, 3.8) is 0 Å². The third-order valence-electron chi connectivity index (χ3n) is 17.8. The molecular weight excluding hydrogens is 1190 g/mol. The molecule has 0 bridgehead atoms. The van der Waals surface area contributed by atoms with Crippen molar-refractivity contribution in [1.82, 2.24) is 14.5 Å². The second-order valence-corrected chi connectivity index (χ2v) is 24.1. The maximum Gasteiger partial charge on any atom is 0.0979 e. The number of benzene rings is 12. The highest BCUT2D eigenvalue weighted by Gasteiger charge is 2.23. The smallest absolute Gasteiger partial charge is 0.0979 e. The average Bonchev–Trinajstić information content (AvgIpc) is 0.890. The minimum atomic E-state index is 0.644. The van der Waals surface area contributed by atoms with Gasteiger partial charge in [0, 0.05) is 91.4 Å². The zero-order valence-electron chi connectivity index (χ0n) is 55.1. The quantitative estimate of drug-likeness (QED) is 0.0755. The Morgan fingerprint density at radius 3 is 1.32 bits per heavy atom. The Balaban J connectivity index is 0.00000269. The van der Waals surface area contributed by atoms with Crippen LogP contribution < -0.4 is 14.7 Å². The molecule has 2 aromatic heterocycles. The highest BCUT2D eigenvalue weighted by molar-refractivity contribution is 6.03. The zero-order chi connectivity index (χ0) is 66.7. The van der Waals surface area contributed by atoms with Crippen molar-refractivity contribution >= 4 is 67.4 Å². The lowest BCUT2D eigenvalue weighted by Gasteiger charge is -2.28. The van der Waals surface area contributed by atoms with Gasteiger partial charge in [0.2, 0.25) is 0 Å². The molecule has 13 aromatic carbocycles. The van der Waals surface area contributed by atoms with E-state index in [1.54, 1.807) is 6.08 Å². The summed E-state index contributed by atoms with van der Waals surface area (Å²) in [6.45, 7) is 16.2. The van der Waals surface area contributed by atoms with E-state index in [1.165, 1.54) is 22.2 Å². The molecular formula is C92H72N6. The number of allylic oxidation sites excluding steroid dienone is 2. The highest BCUT2D eigenvalue weighted by atomic mass is 15.2. The van der Waals surface area contributed by atoms with Gasteiger partial charge in [0.1, 0.15) is 0 Å². The van der Waals surface area contributed by atoms with Gasteiger partial charge in [-0.1, -0.05) is 231 Å². The SMILES string of the molecule is C=CC.C=CCc1ccccc1N(CC=C)c1ccc(N(c2cc#ccc2)c2ccc(-c3nc4c(-c5ccc(-c6ccccc6)cc5)ccc(-c5ccc(-c6ccccc6)cc5)c4nc3-c3ccc(N(c4ccccc4)c4ccc(-n5c(C)cc6ccccc65)cc4)cc3)cc2)cc1. The average molecular weight is 1260 g/mol. The summed E-state index contributed by atoms with van der Waals surface area (Å²) >= 11 is 0. The number of aromatic nitrogens is 3. The van der Waals surface area contributed by atoms with Crippen LogP contribution in [0.4, 0.5) is 45.5 Å². The van der Waals surface area contributed by atoms with Crippen LogP contribution >= 0.6 is 0 Å². The molecule has 15 rings (SSSR count). The van der Waals surface area contributed by atoms with Gasteiger partial charge >= 0.3 is 0 Å². The first-order chi connectivity index (χ1) is 48.4. The summed E-state index contributed by atoms with van der Waals surface area (Å²) in [6.07, 6.45) is 6.42. The molecule has 0 amide bonds. The molecule has 0 saturated heterocycles. The molecule has 6 nitrogen and oxygen atoms in total. The number of hydrogen-bond donors (Lipinski definition) is 0. The van der Waals surface area contributed by atoms with Gasteiger partial charge in [-0.3, -0.25) is 0 Å². The Labute approximate surface area is 575 Å². The van der Waals surface area contributed by atoms with Gasteiger partial charge in [-0.2, -0.15) is 0 Å². The maximum absolute atomic E-state index is 5.90. The minimum absolute atomic E-state index is 0.644. The fraction of sp³-hybridized carbons (Fsp3) is 0.0435. The van der Waals surface area contributed by atoms with Crippen molar-refractivity contribution < 1.29 is 0 Å². The summed E-state index contributed by atoms with van der Waals surface area (Å²) in [6, 6.07) is 121. The molecule has 0 fully saturated rings. The Hall–Kier alpha value is -12.8. The molecule has 0 radical (unpaired) electrons. The first-order valence-electron chi connectivity index (χ1n) is 33.2. The molecule has 98 heavy (non-hydrogen) atoms. The van der Waals surface area contributed by atoms with E-state index in [0.717, 1.165) is 136 Å². The van der Waals surface area contributed by atoms with Crippen molar-refractivity contribution in [1.29, 1.82) is 0 Å². The fourth-order valence-corrected chi connectivity index (χ4v) is 13.2. The van der Waals surface area contributed by atoms with E-state index in [4.69, 9.17) is 9.97 Å². The van der Waals surface area contributed by atoms with E-state index in [-0.39, 0.29) is 0 Å². The Morgan fingerprint density at radius 2 is 0.806 bits per heavy atom. The molecule has 0 N–H and O–H groups in total. The van der Waals surface area contributed by atoms with Crippen molar-refractivity contribution in [2.75, 3.05) is 21.2 Å². The van der Waals surface area contributed by atoms with Crippen LogP contribution in [0.15, 0.2) is 359 Å². The fourth-order valence-electron chi connectivity index (χ4n) is 13.2. The van der Waals surface area contributed by atoms with E-state index in [2.05, 4.69) is 367 Å². The van der Waals surface area contributed by atoms with Crippen LogP contribution in [0.5, 0.6) is 0 Å². The molecule has 470 valence electrons. The summed E-state index contributed by atoms with van der Waals surface area (Å²) in [5, 5.41) is 1.22. The normalized spacial score (nSPS) is 10.9. The minimum Gasteiger partial charge on any atom is -0.337 e. The van der Waals surface area contributed by atoms with Gasteiger partial charge < -0.3 is 19.3 Å². The standard InChI is InChI=1S/C89H66N6.C3H6/c1-4-22-70-27-18-20-33-84(70)92(61-5-2)74-51-53-80(54-52-74)94(75-29-14-8-15-30-75)78-47-43-71(44-48-78)86-87(72-45-49-79(50-46-72)95(76-31-16-9-17-32-76)81-57-55-77(56-58-81)93-63(3)62-73-28-19-21-34-85(73)93)91-89-83(69-41-37-67(38-42-69)65-25-12-7-13-26-65)60-59-82(88(89)90-86)68-39-35-66(36-40-68)64-23-10-6-11-24-64;1-3-2/h4-7,9-14,16-21,23-60,62H,1-2,22,61H2,3H3;3H,1H2,2H3. The second kappa shape index (κ2) is 28.8. The molecule has 0 atom stereocenters. The molecule has 0 aliphatic rings. The summed E-state index contributed by atoms with van der Waals surface area (Å²) in [4.78, 5) is 18.7. The number of para-hydroxylation sites is 3. The van der Waals surface area contributed by atoms with Crippen LogP contribution in [-0.2, 0) is 6.42 Å². The van der Waals surface area contributed by atoms with Crippen molar-refractivity contribution in [3.8, 4) is 72.7 Å². The highest BCUT2D eigenvalue weighted by Crippen LogP contribution is 2.44. The van der Waals surface area contributed by atoms with Crippen molar-refractivity contribution in [2.45, 2.75) is 20.3 Å². The van der Waals surface area contributed by atoms with Crippen LogP contribution in [0.1, 0.15) is 18.2 Å². The number of hydrogen-bond acceptors (Lipinski definition) is 5. The summed E-state index contributed by atoms with van der Waals surface area (Å²) < 4.78 is 2.33. The van der Waals surface area contributed by atoms with Gasteiger partial charge in [-0.15, -0.1) is 19.7 Å². The molecule has 6 heteroatoms. The third kappa shape index (κ3) is 13.0. The molecule has 0 spiro atoms. The third-order valence-corrected chi connectivity index (χ3v) is 17.8. The molecule has 2 heterocycles. The van der Waals surface area contributed by atoms with E-state index in [0.29, 0.717) is 6.54 Å². The molecule has 0 aliphatic carbocycles. The van der Waals surface area contributed by atoms with Gasteiger partial charge in [0.05, 0.1) is 33.6 Å². The van der Waals surface area contributed by atoms with Gasteiger partial charge in [-0.05, 0) is 174 Å². The summed E-state index contributed by atoms with van der Waals surface area (Å²) in [5.41, 5.74) is 26.5. The first kappa shape index (κ1) is 62.6. The Morgan fingerprint density at radius 1 is 0.388 bits per heavy atom. The number of nitrogens with zero attached hydrogens (tertiary/aromatic N) is 6. The van der Waals surface area contributed by atoms with Crippen LogP contribution in [-0.4, -0.2) is 21.1 Å². The number of fused-ring (bicyclic) bond motifs is 2. The number of aryl methyl sites for hydroxylation is 1. The van der Waals surface area contributed by atoms with Gasteiger partial charge in [0.15, 0.2) is 0 Å². The van der Waals surface area contributed by atoms with E-state index >= 15 is 0 Å². The van der Waals surface area contributed by atoms with Crippen LogP contribution in [0.3, 0.4) is 0 Å². The lowest BCUT2D eigenvalue weighted by molar-refractivity contribution is 1.05. The predicted molar refractivity (Wildman–Crippen MR) is 414 cm³/mol. The second-order valence-electron chi connectivity index (χ2n) is 24.1. The predicted octanol–water partition coefficient (Wildman–Crippen LogP) is 24.7. The number of rotatable bonds is 19. The first-order valence-corrected chi connectivity index (χ1v) is 33.2.